The van der Waals surface area contributed by atoms with Crippen LogP contribution in [0.1, 0.15) is 74.1 Å². The zero-order valence-corrected chi connectivity index (χ0v) is 13.8. The van der Waals surface area contributed by atoms with E-state index in [1.54, 1.807) is 0 Å². The number of aliphatic hydroxyl groups is 1. The van der Waals surface area contributed by atoms with Gasteiger partial charge in [0.1, 0.15) is 0 Å². The molecule has 0 heterocycles. The van der Waals surface area contributed by atoms with Crippen molar-refractivity contribution in [1.29, 1.82) is 0 Å². The van der Waals surface area contributed by atoms with Gasteiger partial charge in [0.25, 0.3) is 0 Å². The minimum Gasteiger partial charge on any atom is -0.396 e. The molecule has 0 rings (SSSR count). The molecule has 0 aromatic heterocycles. The molecular formula is C16H36O2. The van der Waals surface area contributed by atoms with Gasteiger partial charge in [-0.2, -0.15) is 0 Å². The average Bonchev–Trinajstić information content (AvgIpc) is 2.17. The summed E-state index contributed by atoms with van der Waals surface area (Å²) in [6, 6.07) is 0. The largest absolute Gasteiger partial charge is 0.396 e. The summed E-state index contributed by atoms with van der Waals surface area (Å²) in [6.07, 6.45) is 4.43. The molecule has 0 radical (unpaired) electrons. The van der Waals surface area contributed by atoms with E-state index in [9.17, 15) is 0 Å². The second kappa shape index (κ2) is 16.7. The third-order valence-corrected chi connectivity index (χ3v) is 1.54. The normalized spacial score (nSPS) is 9.78. The Hall–Kier alpha value is -0.340. The van der Waals surface area contributed by atoms with Crippen molar-refractivity contribution >= 4 is 0 Å². The highest BCUT2D eigenvalue weighted by atomic mass is 16.5. The highest BCUT2D eigenvalue weighted by Crippen LogP contribution is 2.06. The Morgan fingerprint density at radius 2 is 1.44 bits per heavy atom. The molecule has 2 heteroatoms. The monoisotopic (exact) mass is 260 g/mol. The second-order valence-corrected chi connectivity index (χ2v) is 5.60. The van der Waals surface area contributed by atoms with E-state index >= 15 is 0 Å². The quantitative estimate of drug-likeness (QED) is 0.559. The Morgan fingerprint density at radius 3 is 1.61 bits per heavy atom. The van der Waals surface area contributed by atoms with Gasteiger partial charge in [0.2, 0.25) is 0 Å². The fourth-order valence-electron chi connectivity index (χ4n) is 0.681. The lowest BCUT2D eigenvalue weighted by Crippen LogP contribution is -2.19. The molecule has 0 aromatic carbocycles. The minimum absolute atomic E-state index is 0.0508. The van der Waals surface area contributed by atoms with Crippen molar-refractivity contribution in [3.05, 3.63) is 12.2 Å². The highest BCUT2D eigenvalue weighted by molar-refractivity contribution is 4.78. The molecular weight excluding hydrogens is 224 g/mol. The third kappa shape index (κ3) is 57.4. The lowest BCUT2D eigenvalue weighted by Gasteiger charge is -2.18. The smallest absolute Gasteiger partial charge is 0.0598 e. The average molecular weight is 260 g/mol. The number of rotatable bonds is 5. The van der Waals surface area contributed by atoms with Crippen LogP contribution in [0.25, 0.3) is 0 Å². The first-order valence-electron chi connectivity index (χ1n) is 7.08. The molecule has 0 spiro atoms. The molecule has 0 aliphatic rings. The van der Waals surface area contributed by atoms with Crippen molar-refractivity contribution in [1.82, 2.24) is 0 Å². The molecule has 0 saturated carbocycles. The van der Waals surface area contributed by atoms with Gasteiger partial charge >= 0.3 is 0 Å². The zero-order valence-electron chi connectivity index (χ0n) is 13.8. The summed E-state index contributed by atoms with van der Waals surface area (Å²) < 4.78 is 5.47. The first-order valence-corrected chi connectivity index (χ1v) is 7.08. The Morgan fingerprint density at radius 1 is 1.06 bits per heavy atom. The van der Waals surface area contributed by atoms with Gasteiger partial charge < -0.3 is 9.84 Å². The number of hydrogen-bond donors (Lipinski definition) is 1. The molecule has 0 saturated heterocycles. The SMILES string of the molecule is C=C(C)C.CCCCO.CCCCOC(C)(C)C. The predicted octanol–water partition coefficient (Wildman–Crippen LogP) is 4.96. The lowest BCUT2D eigenvalue weighted by molar-refractivity contribution is -0.00415. The Labute approximate surface area is 115 Å². The van der Waals surface area contributed by atoms with E-state index in [0.717, 1.165) is 19.4 Å². The van der Waals surface area contributed by atoms with Gasteiger partial charge in [-0.25, -0.2) is 0 Å². The number of ether oxygens (including phenoxy) is 1. The second-order valence-electron chi connectivity index (χ2n) is 5.60. The standard InChI is InChI=1S/C8H18O.C4H10O.C4H8/c1-5-6-7-9-8(2,3)4;1-2-3-4-5;1-4(2)3/h5-7H2,1-4H3;5H,2-4H2,1H3;1H2,2-3H3. The van der Waals surface area contributed by atoms with Crippen molar-refractivity contribution < 1.29 is 9.84 Å². The van der Waals surface area contributed by atoms with Gasteiger partial charge in [0.05, 0.1) is 5.60 Å². The van der Waals surface area contributed by atoms with Crippen molar-refractivity contribution in [2.24, 2.45) is 0 Å². The number of allylic oxidation sites excluding steroid dienone is 1. The topological polar surface area (TPSA) is 29.5 Å². The Kier molecular flexibility index (Phi) is 21.1. The molecule has 0 amide bonds. The van der Waals surface area contributed by atoms with Crippen LogP contribution in [0.5, 0.6) is 0 Å². The van der Waals surface area contributed by atoms with Crippen molar-refractivity contribution in [2.75, 3.05) is 13.2 Å². The predicted molar refractivity (Wildman–Crippen MR) is 83.1 cm³/mol. The molecule has 1 N–H and O–H groups in total. The first-order chi connectivity index (χ1) is 8.21. The summed E-state index contributed by atoms with van der Waals surface area (Å²) in [5, 5.41) is 8.07. The maximum Gasteiger partial charge on any atom is 0.0598 e. The minimum atomic E-state index is 0.0508. The zero-order chi connectivity index (χ0) is 15.0. The highest BCUT2D eigenvalue weighted by Gasteiger charge is 2.07. The lowest BCUT2D eigenvalue weighted by atomic mass is 10.2. The molecule has 0 aromatic rings. The van der Waals surface area contributed by atoms with Crippen LogP contribution >= 0.6 is 0 Å². The van der Waals surface area contributed by atoms with Crippen molar-refractivity contribution in [3.63, 3.8) is 0 Å². The summed E-state index contributed by atoms with van der Waals surface area (Å²) in [6.45, 7) is 19.2. The van der Waals surface area contributed by atoms with Crippen LogP contribution < -0.4 is 0 Å². The van der Waals surface area contributed by atoms with E-state index in [2.05, 4.69) is 41.2 Å². The maximum atomic E-state index is 8.07. The maximum absolute atomic E-state index is 8.07. The molecule has 0 fully saturated rings. The molecule has 0 aliphatic heterocycles. The van der Waals surface area contributed by atoms with Gasteiger partial charge in [-0.15, -0.1) is 6.58 Å². The number of hydrogen-bond acceptors (Lipinski definition) is 2. The molecule has 0 bridgehead atoms. The van der Waals surface area contributed by atoms with E-state index in [1.165, 1.54) is 18.4 Å². The van der Waals surface area contributed by atoms with Gasteiger partial charge in [0, 0.05) is 13.2 Å². The van der Waals surface area contributed by atoms with Crippen molar-refractivity contribution in [3.8, 4) is 0 Å². The van der Waals surface area contributed by atoms with E-state index in [4.69, 9.17) is 9.84 Å². The van der Waals surface area contributed by atoms with Crippen LogP contribution in [0, 0.1) is 0 Å². The van der Waals surface area contributed by atoms with Crippen LogP contribution in [0.3, 0.4) is 0 Å². The van der Waals surface area contributed by atoms with Gasteiger partial charge in [-0.1, -0.05) is 32.3 Å². The fourth-order valence-corrected chi connectivity index (χ4v) is 0.681. The molecule has 0 unspecified atom stereocenters. The number of aliphatic hydroxyl groups excluding tert-OH is 1. The van der Waals surface area contributed by atoms with Gasteiger partial charge in [-0.3, -0.25) is 0 Å². The van der Waals surface area contributed by atoms with Crippen LogP contribution in [-0.2, 0) is 4.74 Å². The first kappa shape index (κ1) is 22.8. The van der Waals surface area contributed by atoms with Gasteiger partial charge in [0.15, 0.2) is 0 Å². The summed E-state index contributed by atoms with van der Waals surface area (Å²) in [5.41, 5.74) is 1.22. The Bertz CT molecular complexity index is 151. The Balaban J connectivity index is -0.000000212. The fraction of sp³-hybridized carbons (Fsp3) is 0.875. The van der Waals surface area contributed by atoms with Crippen LogP contribution in [0.4, 0.5) is 0 Å². The van der Waals surface area contributed by atoms with Crippen LogP contribution in [0.15, 0.2) is 12.2 Å². The molecule has 2 nitrogen and oxygen atoms in total. The number of unbranched alkanes of at least 4 members (excludes halogenated alkanes) is 2. The molecule has 112 valence electrons. The molecule has 0 aliphatic carbocycles. The summed E-state index contributed by atoms with van der Waals surface area (Å²) in [4.78, 5) is 0. The third-order valence-electron chi connectivity index (χ3n) is 1.54. The summed E-state index contributed by atoms with van der Waals surface area (Å²) in [7, 11) is 0. The summed E-state index contributed by atoms with van der Waals surface area (Å²) in [5.74, 6) is 0. The van der Waals surface area contributed by atoms with E-state index in [-0.39, 0.29) is 5.60 Å². The van der Waals surface area contributed by atoms with E-state index in [0.29, 0.717) is 6.61 Å². The van der Waals surface area contributed by atoms with Crippen LogP contribution in [-0.4, -0.2) is 23.9 Å². The van der Waals surface area contributed by atoms with Crippen molar-refractivity contribution in [2.45, 2.75) is 79.8 Å². The van der Waals surface area contributed by atoms with Crippen LogP contribution in [0.2, 0.25) is 0 Å². The van der Waals surface area contributed by atoms with E-state index < -0.39 is 0 Å². The molecule has 18 heavy (non-hydrogen) atoms. The van der Waals surface area contributed by atoms with E-state index in [1.807, 2.05) is 13.8 Å². The van der Waals surface area contributed by atoms with Gasteiger partial charge in [-0.05, 0) is 47.5 Å². The molecule has 0 atom stereocenters. The summed E-state index contributed by atoms with van der Waals surface area (Å²) >= 11 is 0.